The Balaban J connectivity index is 1.72. The van der Waals surface area contributed by atoms with Crippen molar-refractivity contribution in [1.82, 2.24) is 15.9 Å². The van der Waals surface area contributed by atoms with E-state index in [2.05, 4.69) is 20.4 Å². The van der Waals surface area contributed by atoms with Crippen molar-refractivity contribution >= 4 is 5.91 Å². The van der Waals surface area contributed by atoms with Crippen LogP contribution in [0.2, 0.25) is 0 Å². The number of hydrogen-bond donors (Lipinski definition) is 2. The number of hydroxylamine groups is 2. The van der Waals surface area contributed by atoms with Gasteiger partial charge in [0, 0.05) is 0 Å². The first-order valence-corrected chi connectivity index (χ1v) is 15.0. The number of nitrogens with one attached hydrogen (secondary N) is 2. The van der Waals surface area contributed by atoms with Gasteiger partial charge < -0.3 is 9.47 Å². The van der Waals surface area contributed by atoms with Crippen LogP contribution in [-0.4, -0.2) is 37.2 Å². The van der Waals surface area contributed by atoms with Crippen LogP contribution in [0.3, 0.4) is 0 Å². The quantitative estimate of drug-likeness (QED) is 0.0840. The molecule has 48 heavy (non-hydrogen) atoms. The van der Waals surface area contributed by atoms with E-state index in [1.54, 1.807) is 18.2 Å². The van der Waals surface area contributed by atoms with Gasteiger partial charge >= 0.3 is 13.2 Å². The molecular weight excluding hydrogens is 658 g/mol. The maximum Gasteiger partial charge on any atom is 0.387 e. The maximum atomic E-state index is 15.8. The number of nitrogens with zero attached hydrogens (tertiary/aromatic N) is 1. The molecule has 5 rings (SSSR count). The van der Waals surface area contributed by atoms with E-state index >= 15 is 8.78 Å². The van der Waals surface area contributed by atoms with Crippen LogP contribution in [0.4, 0.5) is 35.1 Å². The Kier molecular flexibility index (Phi) is 11.7. The normalized spacial score (nSPS) is 15.9. The molecule has 0 aromatic heterocycles. The Morgan fingerprint density at radius 3 is 1.52 bits per heavy atom. The molecule has 0 bridgehead atoms. The molecule has 3 aromatic rings. The predicted molar refractivity (Wildman–Crippen MR) is 152 cm³/mol. The zero-order valence-electron chi connectivity index (χ0n) is 25.1. The lowest BCUT2D eigenvalue weighted by atomic mass is 10.0. The molecule has 2 aliphatic rings. The third-order valence-electron chi connectivity index (χ3n) is 7.63. The van der Waals surface area contributed by atoms with Crippen molar-refractivity contribution in [1.29, 1.82) is 0 Å². The summed E-state index contributed by atoms with van der Waals surface area (Å²) in [6.45, 7) is -7.19. The minimum Gasteiger partial charge on any atom is -0.434 e. The number of alkyl halides is 4. The molecule has 3 aromatic carbocycles. The van der Waals surface area contributed by atoms with Crippen LogP contribution in [0.1, 0.15) is 54.7 Å². The highest BCUT2D eigenvalue weighted by molar-refractivity contribution is 5.80. The lowest BCUT2D eigenvalue weighted by Crippen LogP contribution is -2.50. The predicted octanol–water partition coefficient (Wildman–Crippen LogP) is 7.08. The van der Waals surface area contributed by atoms with Crippen molar-refractivity contribution in [3.05, 3.63) is 94.6 Å². The van der Waals surface area contributed by atoms with Crippen molar-refractivity contribution in [2.24, 2.45) is 11.8 Å². The molecule has 2 unspecified atom stereocenters. The molecule has 0 spiro atoms. The van der Waals surface area contributed by atoms with E-state index in [1.165, 1.54) is 12.1 Å². The van der Waals surface area contributed by atoms with Gasteiger partial charge in [0.25, 0.3) is 0 Å². The number of carbonyl (C=O) groups is 1. The number of halogens is 8. The fraction of sp³-hybridized carbons (Fsp3) is 0.406. The van der Waals surface area contributed by atoms with Gasteiger partial charge in [-0.2, -0.15) is 28.5 Å². The molecule has 0 radical (unpaired) electrons. The Morgan fingerprint density at radius 2 is 1.12 bits per heavy atom. The van der Waals surface area contributed by atoms with E-state index in [1.807, 2.05) is 0 Å². The summed E-state index contributed by atoms with van der Waals surface area (Å²) in [6.07, 6.45) is -1.87. The molecule has 2 fully saturated rings. The number of amides is 1. The van der Waals surface area contributed by atoms with Crippen molar-refractivity contribution in [3.8, 4) is 11.5 Å². The van der Waals surface area contributed by atoms with E-state index < -0.39 is 83.8 Å². The van der Waals surface area contributed by atoms with Crippen LogP contribution >= 0.6 is 0 Å². The fourth-order valence-electron chi connectivity index (χ4n) is 4.87. The number of hydrogen-bond acceptors (Lipinski definition) is 7. The standard InChI is InChI=1S/C32H31F8N3O5/c33-20-10-12-22(47-31(37)38)25(27(20)35)29(41-45-15-18-6-7-18)43(24(44)14-17-4-2-1-3-5-17)30(42-46-16-19-8-9-19)26-23(48-32(39)40)13-11-21(34)28(26)36/h1-5,10-13,18-19,29-32,41-42H,6-9,14-16H2. The van der Waals surface area contributed by atoms with Gasteiger partial charge in [0.15, 0.2) is 23.3 Å². The van der Waals surface area contributed by atoms with Crippen LogP contribution in [0, 0.1) is 35.1 Å². The van der Waals surface area contributed by atoms with Gasteiger partial charge in [0.1, 0.15) is 23.8 Å². The topological polar surface area (TPSA) is 81.3 Å². The largest absolute Gasteiger partial charge is 0.434 e. The molecule has 0 heterocycles. The summed E-state index contributed by atoms with van der Waals surface area (Å²) in [5.74, 6) is -9.52. The van der Waals surface area contributed by atoms with E-state index in [9.17, 15) is 31.1 Å². The van der Waals surface area contributed by atoms with E-state index in [0.29, 0.717) is 34.7 Å². The molecule has 260 valence electrons. The highest BCUT2D eigenvalue weighted by Gasteiger charge is 2.41. The second kappa shape index (κ2) is 15.9. The molecule has 0 aliphatic heterocycles. The number of carbonyl (C=O) groups excluding carboxylic acids is 1. The lowest BCUT2D eigenvalue weighted by molar-refractivity contribution is -0.154. The van der Waals surface area contributed by atoms with Crippen molar-refractivity contribution in [2.75, 3.05) is 13.2 Å². The Labute approximate surface area is 269 Å². The zero-order chi connectivity index (χ0) is 34.4. The molecule has 2 saturated carbocycles. The Morgan fingerprint density at radius 1 is 0.688 bits per heavy atom. The molecular formula is C32H31F8N3O5. The Bertz CT molecular complexity index is 1460. The molecule has 2 aliphatic carbocycles. The second-order valence-electron chi connectivity index (χ2n) is 11.3. The lowest BCUT2D eigenvalue weighted by Gasteiger charge is -2.39. The van der Waals surface area contributed by atoms with Crippen molar-refractivity contribution in [2.45, 2.75) is 57.7 Å². The van der Waals surface area contributed by atoms with E-state index in [-0.39, 0.29) is 25.0 Å². The molecule has 16 heteroatoms. The molecule has 8 nitrogen and oxygen atoms in total. The second-order valence-corrected chi connectivity index (χ2v) is 11.3. The zero-order valence-corrected chi connectivity index (χ0v) is 25.1. The third-order valence-corrected chi connectivity index (χ3v) is 7.63. The van der Waals surface area contributed by atoms with Gasteiger partial charge in [-0.3, -0.25) is 19.4 Å². The molecule has 2 N–H and O–H groups in total. The Hall–Kier alpha value is -3.99. The van der Waals surface area contributed by atoms with Gasteiger partial charge in [-0.1, -0.05) is 30.3 Å². The van der Waals surface area contributed by atoms with Crippen LogP contribution < -0.4 is 20.4 Å². The van der Waals surface area contributed by atoms with Crippen molar-refractivity contribution < 1.29 is 59.1 Å². The third kappa shape index (κ3) is 9.12. The van der Waals surface area contributed by atoms with Crippen LogP contribution in [-0.2, 0) is 20.9 Å². The first kappa shape index (κ1) is 35.3. The van der Waals surface area contributed by atoms with Gasteiger partial charge in [-0.25, -0.2) is 17.6 Å². The van der Waals surface area contributed by atoms with E-state index in [4.69, 9.17) is 9.68 Å². The van der Waals surface area contributed by atoms with Crippen LogP contribution in [0.25, 0.3) is 0 Å². The van der Waals surface area contributed by atoms with Crippen LogP contribution in [0.5, 0.6) is 11.5 Å². The summed E-state index contributed by atoms with van der Waals surface area (Å²) < 4.78 is 125. The summed E-state index contributed by atoms with van der Waals surface area (Å²) >= 11 is 0. The molecule has 2 atom stereocenters. The number of benzene rings is 3. The van der Waals surface area contributed by atoms with Gasteiger partial charge in [0.05, 0.1) is 30.8 Å². The smallest absolute Gasteiger partial charge is 0.387 e. The minimum atomic E-state index is -3.56. The van der Waals surface area contributed by atoms with E-state index in [0.717, 1.165) is 25.7 Å². The summed E-state index contributed by atoms with van der Waals surface area (Å²) in [5, 5.41) is 0. The van der Waals surface area contributed by atoms with Crippen LogP contribution in [0.15, 0.2) is 54.6 Å². The fourth-order valence-corrected chi connectivity index (χ4v) is 4.87. The van der Waals surface area contributed by atoms with Gasteiger partial charge in [0.2, 0.25) is 5.91 Å². The monoisotopic (exact) mass is 689 g/mol. The summed E-state index contributed by atoms with van der Waals surface area (Å²) in [4.78, 5) is 26.0. The number of rotatable bonds is 18. The molecule has 1 amide bonds. The average Bonchev–Trinajstić information content (AvgIpc) is 3.97. The molecule has 0 saturated heterocycles. The highest BCUT2D eigenvalue weighted by atomic mass is 19.3. The van der Waals surface area contributed by atoms with Gasteiger partial charge in [-0.15, -0.1) is 0 Å². The first-order valence-electron chi connectivity index (χ1n) is 15.0. The highest BCUT2D eigenvalue weighted by Crippen LogP contribution is 2.41. The first-order chi connectivity index (χ1) is 23.0. The number of ether oxygens (including phenoxy) is 2. The summed E-state index contributed by atoms with van der Waals surface area (Å²) in [7, 11) is 0. The summed E-state index contributed by atoms with van der Waals surface area (Å²) in [5.41, 5.74) is 3.05. The minimum absolute atomic E-state index is 0.0308. The van der Waals surface area contributed by atoms with Gasteiger partial charge in [-0.05, 0) is 67.3 Å². The maximum absolute atomic E-state index is 15.8. The van der Waals surface area contributed by atoms with Crippen molar-refractivity contribution in [3.63, 3.8) is 0 Å². The SMILES string of the molecule is O=C(Cc1ccccc1)N(C(NOCC1CC1)c1c(OC(F)F)ccc(F)c1F)C(NOCC1CC1)c1c(OC(F)F)ccc(F)c1F. The average molecular weight is 690 g/mol. The summed E-state index contributed by atoms with van der Waals surface area (Å²) in [6, 6.07) is 10.2.